The summed E-state index contributed by atoms with van der Waals surface area (Å²) in [5, 5.41) is 0. The predicted molar refractivity (Wildman–Crippen MR) is 64.8 cm³/mol. The van der Waals surface area contributed by atoms with E-state index in [0.29, 0.717) is 30.2 Å². The maximum Gasteiger partial charge on any atom is 0.217 e. The van der Waals surface area contributed by atoms with Crippen molar-refractivity contribution < 1.29 is 13.6 Å². The molecule has 3 unspecified atom stereocenters. The monoisotopic (exact) mass is 253 g/mol. The molecule has 1 saturated carbocycles. The zero-order valence-corrected chi connectivity index (χ0v) is 10.3. The summed E-state index contributed by atoms with van der Waals surface area (Å²) in [5.41, 5.74) is 5.57. The normalized spacial score (nSPS) is 23.7. The summed E-state index contributed by atoms with van der Waals surface area (Å²) in [7, 11) is 0. The highest BCUT2D eigenvalue weighted by Crippen LogP contribution is 2.53. The minimum atomic E-state index is -0.401. The van der Waals surface area contributed by atoms with Crippen LogP contribution in [0.25, 0.3) is 0 Å². The van der Waals surface area contributed by atoms with Gasteiger partial charge >= 0.3 is 0 Å². The molecule has 3 atom stereocenters. The van der Waals surface area contributed by atoms with E-state index in [1.165, 1.54) is 12.1 Å². The number of benzene rings is 1. The van der Waals surface area contributed by atoms with Crippen molar-refractivity contribution in [1.29, 1.82) is 0 Å². The van der Waals surface area contributed by atoms with Gasteiger partial charge in [-0.05, 0) is 54.4 Å². The molecule has 1 aliphatic carbocycles. The van der Waals surface area contributed by atoms with E-state index in [4.69, 9.17) is 5.73 Å². The van der Waals surface area contributed by atoms with Gasteiger partial charge in [0.25, 0.3) is 0 Å². The topological polar surface area (TPSA) is 43.1 Å². The fraction of sp³-hybridized carbons (Fsp3) is 0.500. The average Bonchev–Trinajstić information content (AvgIpc) is 3.09. The van der Waals surface area contributed by atoms with Gasteiger partial charge in [0.05, 0.1) is 0 Å². The summed E-state index contributed by atoms with van der Waals surface area (Å²) in [4.78, 5) is 10.7. The average molecular weight is 253 g/mol. The summed E-state index contributed by atoms with van der Waals surface area (Å²) in [5.74, 6) is -0.321. The van der Waals surface area contributed by atoms with Crippen molar-refractivity contribution in [3.8, 4) is 0 Å². The van der Waals surface area contributed by atoms with Crippen LogP contribution in [0.4, 0.5) is 8.78 Å². The molecule has 0 saturated heterocycles. The second-order valence-corrected chi connectivity index (χ2v) is 5.15. The Morgan fingerprint density at radius 1 is 1.50 bits per heavy atom. The number of hydrogen-bond acceptors (Lipinski definition) is 1. The van der Waals surface area contributed by atoms with Crippen molar-refractivity contribution in [1.82, 2.24) is 0 Å². The Morgan fingerprint density at radius 3 is 2.89 bits per heavy atom. The van der Waals surface area contributed by atoms with E-state index in [2.05, 4.69) is 0 Å². The number of hydrogen-bond donors (Lipinski definition) is 1. The standard InChI is InChI=1S/C14H17F2NO/c1-8(2-5-14(17)18)10-7-11(10)12-6-9(15)3-4-13(12)16/h3-4,6,8,10-11H,2,5,7H2,1H3,(H2,17,18). The number of nitrogens with two attached hydrogens (primary N) is 1. The van der Waals surface area contributed by atoms with Gasteiger partial charge in [-0.15, -0.1) is 0 Å². The van der Waals surface area contributed by atoms with E-state index in [1.807, 2.05) is 6.92 Å². The molecule has 4 heteroatoms. The van der Waals surface area contributed by atoms with Crippen molar-refractivity contribution >= 4 is 5.91 Å². The van der Waals surface area contributed by atoms with Crippen LogP contribution in [0.1, 0.15) is 37.7 Å². The molecule has 2 nitrogen and oxygen atoms in total. The molecule has 0 spiro atoms. The Kier molecular flexibility index (Phi) is 3.64. The molecule has 1 fully saturated rings. The molecule has 0 bridgehead atoms. The Morgan fingerprint density at radius 2 is 2.22 bits per heavy atom. The number of primary amides is 1. The van der Waals surface area contributed by atoms with Crippen molar-refractivity contribution in [3.63, 3.8) is 0 Å². The van der Waals surface area contributed by atoms with Gasteiger partial charge in [-0.3, -0.25) is 4.79 Å². The molecule has 1 amide bonds. The lowest BCUT2D eigenvalue weighted by atomic mass is 9.96. The van der Waals surface area contributed by atoms with Crippen LogP contribution in [0.15, 0.2) is 18.2 Å². The highest BCUT2D eigenvalue weighted by Gasteiger charge is 2.43. The van der Waals surface area contributed by atoms with Crippen LogP contribution in [0.3, 0.4) is 0 Å². The van der Waals surface area contributed by atoms with Gasteiger partial charge in [0.1, 0.15) is 11.6 Å². The van der Waals surface area contributed by atoms with Gasteiger partial charge in [0.2, 0.25) is 5.91 Å². The van der Waals surface area contributed by atoms with E-state index in [1.54, 1.807) is 0 Å². The first-order chi connectivity index (χ1) is 8.49. The summed E-state index contributed by atoms with van der Waals surface area (Å²) in [6.45, 7) is 2.03. The molecule has 1 aliphatic rings. The molecule has 98 valence electrons. The maximum absolute atomic E-state index is 13.6. The smallest absolute Gasteiger partial charge is 0.217 e. The van der Waals surface area contributed by atoms with Crippen LogP contribution in [0, 0.1) is 23.5 Å². The first-order valence-electron chi connectivity index (χ1n) is 6.22. The third-order valence-electron chi connectivity index (χ3n) is 3.77. The van der Waals surface area contributed by atoms with Crippen LogP contribution in [-0.2, 0) is 4.79 Å². The Labute approximate surface area is 105 Å². The molecule has 2 rings (SSSR count). The Bertz CT molecular complexity index is 461. The van der Waals surface area contributed by atoms with Crippen molar-refractivity contribution in [3.05, 3.63) is 35.4 Å². The van der Waals surface area contributed by atoms with Gasteiger partial charge < -0.3 is 5.73 Å². The molecule has 1 aromatic carbocycles. The number of halogens is 2. The Balaban J connectivity index is 1.98. The molecule has 0 heterocycles. The highest BCUT2D eigenvalue weighted by molar-refractivity contribution is 5.73. The minimum Gasteiger partial charge on any atom is -0.370 e. The van der Waals surface area contributed by atoms with Crippen molar-refractivity contribution in [2.75, 3.05) is 0 Å². The third-order valence-corrected chi connectivity index (χ3v) is 3.77. The van der Waals surface area contributed by atoms with Crippen LogP contribution in [-0.4, -0.2) is 5.91 Å². The maximum atomic E-state index is 13.6. The van der Waals surface area contributed by atoms with Crippen LogP contribution < -0.4 is 5.73 Å². The van der Waals surface area contributed by atoms with Gasteiger partial charge in [-0.1, -0.05) is 6.92 Å². The van der Waals surface area contributed by atoms with Gasteiger partial charge in [-0.25, -0.2) is 8.78 Å². The molecule has 0 aliphatic heterocycles. The zero-order valence-electron chi connectivity index (χ0n) is 10.3. The van der Waals surface area contributed by atoms with Crippen LogP contribution in [0.5, 0.6) is 0 Å². The summed E-state index contributed by atoms with van der Waals surface area (Å²) >= 11 is 0. The lowest BCUT2D eigenvalue weighted by molar-refractivity contribution is -0.118. The van der Waals surface area contributed by atoms with E-state index in [0.717, 1.165) is 12.5 Å². The SMILES string of the molecule is CC(CCC(N)=O)C1CC1c1cc(F)ccc1F. The lowest BCUT2D eigenvalue weighted by Gasteiger charge is -2.10. The number of rotatable bonds is 5. The van der Waals surface area contributed by atoms with Crippen LogP contribution in [0.2, 0.25) is 0 Å². The summed E-state index contributed by atoms with van der Waals surface area (Å²) in [6, 6.07) is 3.58. The molecule has 0 radical (unpaired) electrons. The molecule has 2 N–H and O–H groups in total. The Hall–Kier alpha value is -1.45. The quantitative estimate of drug-likeness (QED) is 0.861. The molecule has 1 aromatic rings. The summed E-state index contributed by atoms with van der Waals surface area (Å²) < 4.78 is 26.7. The number of carbonyl (C=O) groups excluding carboxylic acids is 1. The molecule has 18 heavy (non-hydrogen) atoms. The lowest BCUT2D eigenvalue weighted by Crippen LogP contribution is -2.12. The summed E-state index contributed by atoms with van der Waals surface area (Å²) in [6.07, 6.45) is 1.93. The van der Waals surface area contributed by atoms with E-state index < -0.39 is 5.82 Å². The number of carbonyl (C=O) groups is 1. The zero-order chi connectivity index (χ0) is 13.3. The predicted octanol–water partition coefficient (Wildman–Crippen LogP) is 2.97. The van der Waals surface area contributed by atoms with Gasteiger partial charge in [-0.2, -0.15) is 0 Å². The first-order valence-corrected chi connectivity index (χ1v) is 6.22. The van der Waals surface area contributed by atoms with E-state index in [-0.39, 0.29) is 17.6 Å². The number of amides is 1. The molecular weight excluding hydrogens is 236 g/mol. The fourth-order valence-corrected chi connectivity index (χ4v) is 2.58. The first kappa shape index (κ1) is 13.0. The highest BCUT2D eigenvalue weighted by atomic mass is 19.1. The third kappa shape index (κ3) is 2.86. The molecule has 0 aromatic heterocycles. The van der Waals surface area contributed by atoms with Gasteiger partial charge in [0, 0.05) is 6.42 Å². The fourth-order valence-electron chi connectivity index (χ4n) is 2.58. The van der Waals surface area contributed by atoms with E-state index in [9.17, 15) is 13.6 Å². The van der Waals surface area contributed by atoms with Crippen molar-refractivity contribution in [2.24, 2.45) is 17.6 Å². The van der Waals surface area contributed by atoms with Gasteiger partial charge in [0.15, 0.2) is 0 Å². The molecular formula is C14H17F2NO. The largest absolute Gasteiger partial charge is 0.370 e. The minimum absolute atomic E-state index is 0.0866. The second-order valence-electron chi connectivity index (χ2n) is 5.15. The second kappa shape index (κ2) is 5.04. The van der Waals surface area contributed by atoms with Crippen molar-refractivity contribution in [2.45, 2.75) is 32.1 Å². The van der Waals surface area contributed by atoms with E-state index >= 15 is 0 Å². The van der Waals surface area contributed by atoms with Crippen LogP contribution >= 0.6 is 0 Å².